The Morgan fingerprint density at radius 2 is 2.08 bits per heavy atom. The number of carbonyl (C=O) groups is 1. The maximum absolute atomic E-state index is 14.1. The van der Waals surface area contributed by atoms with Crippen molar-refractivity contribution in [1.82, 2.24) is 25.4 Å². The second-order valence-corrected chi connectivity index (χ2v) is 8.37. The van der Waals surface area contributed by atoms with E-state index in [1.807, 2.05) is 20.0 Å². The fourth-order valence-electron chi connectivity index (χ4n) is 4.30. The molecule has 2 heterocycles. The molecule has 4 aromatic rings. The van der Waals surface area contributed by atoms with Crippen LogP contribution in [0.4, 0.5) is 4.39 Å². The minimum absolute atomic E-state index is 0.197. The van der Waals surface area contributed by atoms with E-state index in [4.69, 9.17) is 4.74 Å². The number of aromatic nitrogens is 3. The average Bonchev–Trinajstić information content (AvgIpc) is 3.38. The van der Waals surface area contributed by atoms with Crippen molar-refractivity contribution in [3.05, 3.63) is 77.5 Å². The highest BCUT2D eigenvalue weighted by atomic mass is 19.1. The number of hydrogen-bond donors (Lipinski definition) is 2. The second-order valence-electron chi connectivity index (χ2n) is 8.37. The molecule has 2 N–H and O–H groups in total. The average molecular weight is 487 g/mol. The Hall–Kier alpha value is -4.29. The van der Waals surface area contributed by atoms with Crippen molar-refractivity contribution in [2.24, 2.45) is 0 Å². The SMILES string of the molecule is CCOc1cc(C(=O)N(C)[C@H](CCNC)c2cncc3cn[nH]c23)ccc1-c1cc(F)cc(C#N)c1. The number of nitriles is 1. The first-order chi connectivity index (χ1) is 17.5. The molecule has 4 rings (SSSR count). The molecule has 9 heteroatoms. The quantitative estimate of drug-likeness (QED) is 0.362. The number of rotatable bonds is 9. The van der Waals surface area contributed by atoms with E-state index in [1.54, 1.807) is 54.8 Å². The van der Waals surface area contributed by atoms with Crippen LogP contribution in [-0.4, -0.2) is 53.2 Å². The van der Waals surface area contributed by atoms with Crippen LogP contribution in [0.15, 0.2) is 55.0 Å². The zero-order chi connectivity index (χ0) is 25.7. The summed E-state index contributed by atoms with van der Waals surface area (Å²) in [7, 11) is 3.63. The number of aromatic amines is 1. The molecule has 1 amide bonds. The van der Waals surface area contributed by atoms with Crippen LogP contribution < -0.4 is 10.1 Å². The summed E-state index contributed by atoms with van der Waals surface area (Å²) < 4.78 is 19.9. The maximum atomic E-state index is 14.1. The third-order valence-electron chi connectivity index (χ3n) is 6.07. The van der Waals surface area contributed by atoms with Crippen LogP contribution in [0.3, 0.4) is 0 Å². The van der Waals surface area contributed by atoms with Gasteiger partial charge in [0.1, 0.15) is 11.6 Å². The summed E-state index contributed by atoms with van der Waals surface area (Å²) in [6.45, 7) is 2.89. The van der Waals surface area contributed by atoms with Gasteiger partial charge < -0.3 is 15.0 Å². The van der Waals surface area contributed by atoms with Crippen LogP contribution in [-0.2, 0) is 0 Å². The standard InChI is InChI=1S/C27H27FN6O2/c1-4-36-25-12-18(5-6-22(25)19-9-17(13-29)10-21(28)11-19)27(35)34(3)24(7-8-30-2)23-16-31-14-20-15-32-33-26(20)23/h5-6,9-12,14-16,24,30H,4,7-8H2,1-3H3,(H,32,33)/t24-/m1/s1. The van der Waals surface area contributed by atoms with Gasteiger partial charge in [-0.25, -0.2) is 4.39 Å². The fourth-order valence-corrected chi connectivity index (χ4v) is 4.30. The Kier molecular flexibility index (Phi) is 7.56. The van der Waals surface area contributed by atoms with Crippen molar-refractivity contribution in [2.75, 3.05) is 27.2 Å². The highest BCUT2D eigenvalue weighted by Crippen LogP contribution is 2.34. The number of benzene rings is 2. The molecule has 0 saturated carbocycles. The normalized spacial score (nSPS) is 11.8. The number of amides is 1. The first-order valence-electron chi connectivity index (χ1n) is 11.6. The molecule has 0 fully saturated rings. The third-order valence-corrected chi connectivity index (χ3v) is 6.07. The summed E-state index contributed by atoms with van der Waals surface area (Å²) in [5, 5.41) is 20.4. The molecule has 8 nitrogen and oxygen atoms in total. The first-order valence-corrected chi connectivity index (χ1v) is 11.6. The lowest BCUT2D eigenvalue weighted by Crippen LogP contribution is -2.33. The molecular weight excluding hydrogens is 459 g/mol. The van der Waals surface area contributed by atoms with Crippen molar-refractivity contribution in [3.8, 4) is 22.9 Å². The Labute approximate surface area is 208 Å². The van der Waals surface area contributed by atoms with Crippen LogP contribution in [0.5, 0.6) is 5.75 Å². The van der Waals surface area contributed by atoms with Gasteiger partial charge in [-0.2, -0.15) is 10.4 Å². The minimum Gasteiger partial charge on any atom is -0.493 e. The molecule has 36 heavy (non-hydrogen) atoms. The Bertz CT molecular complexity index is 1430. The number of pyridine rings is 1. The smallest absolute Gasteiger partial charge is 0.254 e. The lowest BCUT2D eigenvalue weighted by molar-refractivity contribution is 0.0723. The van der Waals surface area contributed by atoms with Crippen LogP contribution in [0.25, 0.3) is 22.0 Å². The molecule has 0 bridgehead atoms. The van der Waals surface area contributed by atoms with Gasteiger partial charge in [0.05, 0.1) is 36.0 Å². The van der Waals surface area contributed by atoms with Gasteiger partial charge in [-0.05, 0) is 68.9 Å². The second kappa shape index (κ2) is 11.0. The number of halogens is 1. The van der Waals surface area contributed by atoms with E-state index in [9.17, 15) is 14.4 Å². The van der Waals surface area contributed by atoms with Gasteiger partial charge in [0.15, 0.2) is 0 Å². The molecule has 184 valence electrons. The topological polar surface area (TPSA) is 107 Å². The summed E-state index contributed by atoms with van der Waals surface area (Å²) in [6.07, 6.45) is 5.86. The molecule has 0 aliphatic rings. The van der Waals surface area contributed by atoms with E-state index < -0.39 is 5.82 Å². The van der Waals surface area contributed by atoms with Crippen molar-refractivity contribution >= 4 is 16.8 Å². The lowest BCUT2D eigenvalue weighted by Gasteiger charge is -2.29. The Morgan fingerprint density at radius 3 is 2.83 bits per heavy atom. The van der Waals surface area contributed by atoms with Gasteiger partial charge in [0.25, 0.3) is 5.91 Å². The number of nitrogens with one attached hydrogen (secondary N) is 2. The van der Waals surface area contributed by atoms with Crippen molar-refractivity contribution in [1.29, 1.82) is 5.26 Å². The Balaban J connectivity index is 1.71. The highest BCUT2D eigenvalue weighted by Gasteiger charge is 2.26. The number of hydrogen-bond acceptors (Lipinski definition) is 6. The molecule has 2 aromatic carbocycles. The molecule has 0 radical (unpaired) electrons. The van der Waals surface area contributed by atoms with Crippen LogP contribution in [0.1, 0.15) is 40.9 Å². The van der Waals surface area contributed by atoms with E-state index in [2.05, 4.69) is 20.5 Å². The molecule has 0 spiro atoms. The summed E-state index contributed by atoms with van der Waals surface area (Å²) in [5.74, 6) is -0.271. The summed E-state index contributed by atoms with van der Waals surface area (Å²) in [5.41, 5.74) is 3.47. The molecular formula is C27H27FN6O2. The van der Waals surface area contributed by atoms with Gasteiger partial charge in [-0.15, -0.1) is 0 Å². The van der Waals surface area contributed by atoms with Crippen molar-refractivity contribution in [3.63, 3.8) is 0 Å². The predicted octanol–water partition coefficient (Wildman–Crippen LogP) is 4.46. The molecule has 0 aliphatic heterocycles. The summed E-state index contributed by atoms with van der Waals surface area (Å²) >= 11 is 0. The monoisotopic (exact) mass is 486 g/mol. The van der Waals surface area contributed by atoms with E-state index in [0.29, 0.717) is 42.0 Å². The fraction of sp³-hybridized carbons (Fsp3) is 0.259. The van der Waals surface area contributed by atoms with Gasteiger partial charge >= 0.3 is 0 Å². The number of ether oxygens (including phenoxy) is 1. The number of fused-ring (bicyclic) bond motifs is 1. The first kappa shape index (κ1) is 24.8. The van der Waals surface area contributed by atoms with Gasteiger partial charge in [0.2, 0.25) is 0 Å². The molecule has 0 unspecified atom stereocenters. The van der Waals surface area contributed by atoms with Crippen LogP contribution in [0.2, 0.25) is 0 Å². The molecule has 0 aliphatic carbocycles. The highest BCUT2D eigenvalue weighted by molar-refractivity contribution is 5.96. The van der Waals surface area contributed by atoms with E-state index >= 15 is 0 Å². The number of nitrogens with zero attached hydrogens (tertiary/aromatic N) is 4. The van der Waals surface area contributed by atoms with Crippen molar-refractivity contribution < 1.29 is 13.9 Å². The largest absolute Gasteiger partial charge is 0.493 e. The van der Waals surface area contributed by atoms with Crippen LogP contribution in [0, 0.1) is 17.1 Å². The molecule has 2 aromatic heterocycles. The molecule has 0 saturated heterocycles. The molecule has 1 atom stereocenters. The van der Waals surface area contributed by atoms with Gasteiger partial charge in [-0.3, -0.25) is 14.9 Å². The zero-order valence-corrected chi connectivity index (χ0v) is 20.4. The van der Waals surface area contributed by atoms with Crippen molar-refractivity contribution in [2.45, 2.75) is 19.4 Å². The van der Waals surface area contributed by atoms with Gasteiger partial charge in [0, 0.05) is 41.5 Å². The maximum Gasteiger partial charge on any atom is 0.254 e. The van der Waals surface area contributed by atoms with E-state index in [1.165, 1.54) is 12.1 Å². The zero-order valence-electron chi connectivity index (χ0n) is 20.4. The number of H-pyrrole nitrogens is 1. The van der Waals surface area contributed by atoms with E-state index in [0.717, 1.165) is 16.5 Å². The van der Waals surface area contributed by atoms with Gasteiger partial charge in [-0.1, -0.05) is 0 Å². The van der Waals surface area contributed by atoms with Crippen LogP contribution >= 0.6 is 0 Å². The summed E-state index contributed by atoms with van der Waals surface area (Å²) in [4.78, 5) is 19.7. The minimum atomic E-state index is -0.514. The predicted molar refractivity (Wildman–Crippen MR) is 135 cm³/mol. The van der Waals surface area contributed by atoms with E-state index in [-0.39, 0.29) is 17.5 Å². The number of carbonyl (C=O) groups excluding carboxylic acids is 1. The lowest BCUT2D eigenvalue weighted by atomic mass is 9.98. The Morgan fingerprint density at radius 1 is 1.25 bits per heavy atom. The summed E-state index contributed by atoms with van der Waals surface area (Å²) in [6, 6.07) is 10.9. The third kappa shape index (κ3) is 5.04.